The van der Waals surface area contributed by atoms with Crippen molar-refractivity contribution in [3.05, 3.63) is 35.9 Å². The third-order valence-corrected chi connectivity index (χ3v) is 5.52. The topological polar surface area (TPSA) is 32.5 Å². The average Bonchev–Trinajstić information content (AvgIpc) is 3.16. The maximum atomic E-state index is 5.95. The van der Waals surface area contributed by atoms with Crippen molar-refractivity contribution in [2.75, 3.05) is 26.7 Å². The van der Waals surface area contributed by atoms with E-state index in [2.05, 4.69) is 47.2 Å². The van der Waals surface area contributed by atoms with Crippen molar-refractivity contribution in [3.8, 4) is 0 Å². The van der Waals surface area contributed by atoms with Crippen LogP contribution in [0.2, 0.25) is 0 Å². The Morgan fingerprint density at radius 2 is 2.00 bits per heavy atom. The molecule has 0 bridgehead atoms. The number of rotatable bonds is 5. The Morgan fingerprint density at radius 1 is 1.19 bits per heavy atom. The van der Waals surface area contributed by atoms with Crippen LogP contribution in [-0.4, -0.2) is 48.6 Å². The Hall–Kier alpha value is -0.900. The van der Waals surface area contributed by atoms with Crippen molar-refractivity contribution in [1.29, 1.82) is 0 Å². The lowest BCUT2D eigenvalue weighted by atomic mass is 10.0. The van der Waals surface area contributed by atoms with Gasteiger partial charge in [-0.2, -0.15) is 0 Å². The quantitative estimate of drug-likeness (QED) is 0.902. The predicted molar refractivity (Wildman–Crippen MR) is 88.1 cm³/mol. The monoisotopic (exact) mass is 287 g/mol. The van der Waals surface area contributed by atoms with Crippen LogP contribution in [0.4, 0.5) is 0 Å². The molecule has 3 nitrogen and oxygen atoms in total. The summed E-state index contributed by atoms with van der Waals surface area (Å²) < 4.78 is 0. The largest absolute Gasteiger partial charge is 0.330 e. The average molecular weight is 287 g/mol. The Morgan fingerprint density at radius 3 is 2.76 bits per heavy atom. The molecule has 0 spiro atoms. The van der Waals surface area contributed by atoms with E-state index in [4.69, 9.17) is 5.73 Å². The number of nitrogens with two attached hydrogens (primary N) is 1. The van der Waals surface area contributed by atoms with Gasteiger partial charge in [0.1, 0.15) is 0 Å². The second kappa shape index (κ2) is 6.91. The maximum absolute atomic E-state index is 5.95. The van der Waals surface area contributed by atoms with Gasteiger partial charge in [0.05, 0.1) is 0 Å². The standard InChI is InChI=1S/C18H29N3/c1-20(18-9-5-8-16(18)12-19)17-10-11-21(14-17)13-15-6-3-2-4-7-15/h2-4,6-7,16-18H,5,8-14,19H2,1H3. The molecule has 1 heterocycles. The van der Waals surface area contributed by atoms with Gasteiger partial charge in [0.25, 0.3) is 0 Å². The van der Waals surface area contributed by atoms with Crippen LogP contribution in [0.15, 0.2) is 30.3 Å². The van der Waals surface area contributed by atoms with Crippen LogP contribution in [0.1, 0.15) is 31.2 Å². The SMILES string of the molecule is CN(C1CCN(Cc2ccccc2)C1)C1CCCC1CN. The second-order valence-corrected chi connectivity index (χ2v) is 6.82. The highest BCUT2D eigenvalue weighted by molar-refractivity contribution is 5.14. The van der Waals surface area contributed by atoms with Gasteiger partial charge in [0.2, 0.25) is 0 Å². The summed E-state index contributed by atoms with van der Waals surface area (Å²) in [6, 6.07) is 12.3. The maximum Gasteiger partial charge on any atom is 0.0235 e. The van der Waals surface area contributed by atoms with Crippen LogP contribution >= 0.6 is 0 Å². The summed E-state index contributed by atoms with van der Waals surface area (Å²) in [6.07, 6.45) is 5.33. The van der Waals surface area contributed by atoms with Gasteiger partial charge in [0, 0.05) is 31.7 Å². The number of hydrogen-bond acceptors (Lipinski definition) is 3. The number of benzene rings is 1. The van der Waals surface area contributed by atoms with Gasteiger partial charge < -0.3 is 5.73 Å². The molecule has 1 aliphatic heterocycles. The lowest BCUT2D eigenvalue weighted by molar-refractivity contribution is 0.141. The minimum absolute atomic E-state index is 0.714. The fraction of sp³-hybridized carbons (Fsp3) is 0.667. The van der Waals surface area contributed by atoms with E-state index in [1.807, 2.05) is 0 Å². The highest BCUT2D eigenvalue weighted by Gasteiger charge is 2.35. The Balaban J connectivity index is 1.54. The van der Waals surface area contributed by atoms with Crippen molar-refractivity contribution in [2.45, 2.75) is 44.3 Å². The van der Waals surface area contributed by atoms with Crippen LogP contribution in [0.5, 0.6) is 0 Å². The molecule has 0 radical (unpaired) electrons. The molecule has 0 amide bonds. The first-order chi connectivity index (χ1) is 10.3. The molecule has 1 saturated heterocycles. The zero-order valence-corrected chi connectivity index (χ0v) is 13.2. The lowest BCUT2D eigenvalue weighted by Gasteiger charge is -2.34. The smallest absolute Gasteiger partial charge is 0.0235 e. The first-order valence-corrected chi connectivity index (χ1v) is 8.46. The summed E-state index contributed by atoms with van der Waals surface area (Å²) in [5.74, 6) is 0.721. The predicted octanol–water partition coefficient (Wildman–Crippen LogP) is 2.32. The molecule has 1 aromatic rings. The van der Waals surface area contributed by atoms with Crippen molar-refractivity contribution < 1.29 is 0 Å². The first-order valence-electron chi connectivity index (χ1n) is 8.46. The fourth-order valence-electron chi connectivity index (χ4n) is 4.23. The molecule has 21 heavy (non-hydrogen) atoms. The normalized spacial score (nSPS) is 30.3. The van der Waals surface area contributed by atoms with Crippen LogP contribution in [-0.2, 0) is 6.54 Å². The molecule has 2 N–H and O–H groups in total. The van der Waals surface area contributed by atoms with E-state index >= 15 is 0 Å². The summed E-state index contributed by atoms with van der Waals surface area (Å²) in [6.45, 7) is 4.38. The molecule has 1 aliphatic carbocycles. The molecule has 2 fully saturated rings. The number of nitrogens with zero attached hydrogens (tertiary/aromatic N) is 2. The molecule has 2 aliphatic rings. The van der Waals surface area contributed by atoms with Gasteiger partial charge in [0.15, 0.2) is 0 Å². The first kappa shape index (κ1) is 15.0. The van der Waals surface area contributed by atoms with Crippen molar-refractivity contribution >= 4 is 0 Å². The van der Waals surface area contributed by atoms with Crippen molar-refractivity contribution in [2.24, 2.45) is 11.7 Å². The van der Waals surface area contributed by atoms with Crippen molar-refractivity contribution in [3.63, 3.8) is 0 Å². The molecule has 1 saturated carbocycles. The minimum Gasteiger partial charge on any atom is -0.330 e. The molecule has 3 atom stereocenters. The Bertz CT molecular complexity index is 433. The van der Waals surface area contributed by atoms with Gasteiger partial charge in [-0.25, -0.2) is 0 Å². The van der Waals surface area contributed by atoms with E-state index in [1.165, 1.54) is 44.3 Å². The summed E-state index contributed by atoms with van der Waals surface area (Å²) >= 11 is 0. The molecule has 116 valence electrons. The summed E-state index contributed by atoms with van der Waals surface area (Å²) in [5, 5.41) is 0. The highest BCUT2D eigenvalue weighted by atomic mass is 15.3. The number of hydrogen-bond donors (Lipinski definition) is 1. The molecule has 1 aromatic carbocycles. The number of likely N-dealkylation sites (N-methyl/N-ethyl adjacent to an activating group) is 1. The summed E-state index contributed by atoms with van der Waals surface area (Å²) in [5.41, 5.74) is 7.39. The van der Waals surface area contributed by atoms with Crippen molar-refractivity contribution in [1.82, 2.24) is 9.80 Å². The molecule has 3 rings (SSSR count). The van der Waals surface area contributed by atoms with Crippen LogP contribution in [0.3, 0.4) is 0 Å². The summed E-state index contributed by atoms with van der Waals surface area (Å²) in [4.78, 5) is 5.25. The van der Waals surface area contributed by atoms with Gasteiger partial charge in [-0.1, -0.05) is 36.8 Å². The molecular weight excluding hydrogens is 258 g/mol. The van der Waals surface area contributed by atoms with Crippen LogP contribution in [0, 0.1) is 5.92 Å². The second-order valence-electron chi connectivity index (χ2n) is 6.82. The zero-order chi connectivity index (χ0) is 14.7. The van der Waals surface area contributed by atoms with Gasteiger partial charge in [-0.15, -0.1) is 0 Å². The van der Waals surface area contributed by atoms with Crippen LogP contribution in [0.25, 0.3) is 0 Å². The van der Waals surface area contributed by atoms with E-state index in [0.717, 1.165) is 25.0 Å². The molecule has 3 heteroatoms. The molecule has 3 unspecified atom stereocenters. The van der Waals surface area contributed by atoms with E-state index in [-0.39, 0.29) is 0 Å². The van der Waals surface area contributed by atoms with E-state index in [9.17, 15) is 0 Å². The number of likely N-dealkylation sites (tertiary alicyclic amines) is 1. The molecular formula is C18H29N3. The van der Waals surface area contributed by atoms with E-state index in [1.54, 1.807) is 0 Å². The van der Waals surface area contributed by atoms with Gasteiger partial charge in [-0.3, -0.25) is 9.80 Å². The fourth-order valence-corrected chi connectivity index (χ4v) is 4.23. The lowest BCUT2D eigenvalue weighted by Crippen LogP contribution is -2.45. The van der Waals surface area contributed by atoms with E-state index in [0.29, 0.717) is 6.04 Å². The zero-order valence-electron chi connectivity index (χ0n) is 13.2. The third-order valence-electron chi connectivity index (χ3n) is 5.52. The highest BCUT2D eigenvalue weighted by Crippen LogP contribution is 2.31. The van der Waals surface area contributed by atoms with E-state index < -0.39 is 0 Å². The van der Waals surface area contributed by atoms with Gasteiger partial charge in [-0.05, 0) is 44.3 Å². The van der Waals surface area contributed by atoms with Gasteiger partial charge >= 0.3 is 0 Å². The van der Waals surface area contributed by atoms with Crippen LogP contribution < -0.4 is 5.73 Å². The minimum atomic E-state index is 0.714. The summed E-state index contributed by atoms with van der Waals surface area (Å²) in [7, 11) is 2.33. The molecule has 0 aromatic heterocycles. The third kappa shape index (κ3) is 3.47. The Labute approximate surface area is 129 Å². The Kier molecular flexibility index (Phi) is 4.94.